The van der Waals surface area contributed by atoms with Crippen molar-refractivity contribution in [2.45, 2.75) is 19.9 Å². The normalized spacial score (nSPS) is 13.5. The topological polar surface area (TPSA) is 97.3 Å². The maximum atomic E-state index is 12.8. The first-order valence-electron chi connectivity index (χ1n) is 7.67. The van der Waals surface area contributed by atoms with Gasteiger partial charge in [-0.05, 0) is 24.5 Å². The van der Waals surface area contributed by atoms with Crippen LogP contribution in [0.1, 0.15) is 27.2 Å². The molecule has 126 valence electrons. The Labute approximate surface area is 139 Å². The molecule has 8 nitrogen and oxygen atoms in total. The number of nitrogens with zero attached hydrogens (tertiary/aromatic N) is 5. The Balaban J connectivity index is 1.94. The van der Waals surface area contributed by atoms with Crippen molar-refractivity contribution in [2.24, 2.45) is 0 Å². The number of fused-ring (bicyclic) bond motifs is 1. The Morgan fingerprint density at radius 1 is 1.25 bits per heavy atom. The number of rotatable bonds is 1. The fourth-order valence-electron chi connectivity index (χ4n) is 2.87. The molecule has 2 aromatic heterocycles. The maximum Gasteiger partial charge on any atom is 0.319 e. The Bertz CT molecular complexity index is 811. The zero-order valence-electron chi connectivity index (χ0n) is 14.0. The van der Waals surface area contributed by atoms with Gasteiger partial charge in [-0.2, -0.15) is 9.78 Å². The van der Waals surface area contributed by atoms with Gasteiger partial charge < -0.3 is 15.5 Å². The molecule has 0 fully saturated rings. The Morgan fingerprint density at radius 2 is 2.00 bits per heavy atom. The molecule has 0 aromatic carbocycles. The van der Waals surface area contributed by atoms with Gasteiger partial charge in [-0.15, -0.1) is 0 Å². The van der Waals surface area contributed by atoms with E-state index in [1.807, 2.05) is 0 Å². The predicted molar refractivity (Wildman–Crippen MR) is 88.5 cm³/mol. The molecule has 2 amide bonds. The van der Waals surface area contributed by atoms with Gasteiger partial charge in [-0.1, -0.05) is 0 Å². The van der Waals surface area contributed by atoms with Gasteiger partial charge >= 0.3 is 6.03 Å². The van der Waals surface area contributed by atoms with Crippen LogP contribution in [0.4, 0.5) is 10.5 Å². The molecule has 0 unspecified atom stereocenters. The molecule has 0 aliphatic carbocycles. The first kappa shape index (κ1) is 16.0. The third-order valence-electron chi connectivity index (χ3n) is 4.26. The van der Waals surface area contributed by atoms with Gasteiger partial charge in [0, 0.05) is 39.6 Å². The predicted octanol–water partition coefficient (Wildman–Crippen LogP) is 0.897. The molecule has 8 heteroatoms. The number of carbonyl (C=O) groups excluding carboxylic acids is 2. The summed E-state index contributed by atoms with van der Waals surface area (Å²) in [5, 5.41) is 4.05. The number of carbonyl (C=O) groups is 2. The van der Waals surface area contributed by atoms with Gasteiger partial charge in [0.15, 0.2) is 0 Å². The molecule has 1 aliphatic heterocycles. The van der Waals surface area contributed by atoms with Crippen LogP contribution in [0.3, 0.4) is 0 Å². The molecule has 0 radical (unpaired) electrons. The van der Waals surface area contributed by atoms with Crippen molar-refractivity contribution in [3.8, 4) is 0 Å². The summed E-state index contributed by atoms with van der Waals surface area (Å²) in [5.74, 6) is -0.249. The van der Waals surface area contributed by atoms with Crippen LogP contribution in [0.5, 0.6) is 0 Å². The molecule has 0 saturated carbocycles. The average Bonchev–Trinajstić information content (AvgIpc) is 2.91. The molecule has 3 heterocycles. The van der Waals surface area contributed by atoms with Crippen LogP contribution >= 0.6 is 0 Å². The van der Waals surface area contributed by atoms with Crippen molar-refractivity contribution >= 4 is 17.6 Å². The van der Waals surface area contributed by atoms with E-state index in [0.717, 1.165) is 11.1 Å². The second kappa shape index (κ2) is 5.95. The molecule has 24 heavy (non-hydrogen) atoms. The van der Waals surface area contributed by atoms with Crippen LogP contribution < -0.4 is 5.73 Å². The molecular weight excluding hydrogens is 308 g/mol. The van der Waals surface area contributed by atoms with Crippen molar-refractivity contribution in [1.82, 2.24) is 24.6 Å². The van der Waals surface area contributed by atoms with Crippen molar-refractivity contribution in [1.29, 1.82) is 0 Å². The van der Waals surface area contributed by atoms with E-state index in [2.05, 4.69) is 10.1 Å². The molecule has 1 aliphatic rings. The lowest BCUT2D eigenvalue weighted by molar-refractivity contribution is 0.0940. The van der Waals surface area contributed by atoms with Crippen molar-refractivity contribution < 1.29 is 9.59 Å². The van der Waals surface area contributed by atoms with Crippen molar-refractivity contribution in [3.63, 3.8) is 0 Å². The minimum absolute atomic E-state index is 0.0481. The smallest absolute Gasteiger partial charge is 0.319 e. The summed E-state index contributed by atoms with van der Waals surface area (Å²) >= 11 is 0. The van der Waals surface area contributed by atoms with Crippen molar-refractivity contribution in [2.75, 3.05) is 26.4 Å². The second-order valence-electron chi connectivity index (χ2n) is 6.08. The lowest BCUT2D eigenvalue weighted by Gasteiger charge is -2.31. The van der Waals surface area contributed by atoms with E-state index in [0.29, 0.717) is 36.5 Å². The highest BCUT2D eigenvalue weighted by Gasteiger charge is 2.26. The first-order chi connectivity index (χ1) is 11.4. The van der Waals surface area contributed by atoms with E-state index in [1.54, 1.807) is 43.2 Å². The van der Waals surface area contributed by atoms with Crippen LogP contribution in [0, 0.1) is 6.92 Å². The SMILES string of the molecule is Cc1c(N)cnn1C(=O)c1cncc2c1CCN(C(=O)N(C)C)C2. The molecule has 2 N–H and O–H groups in total. The monoisotopic (exact) mass is 328 g/mol. The van der Waals surface area contributed by atoms with Crippen LogP contribution in [-0.2, 0) is 13.0 Å². The van der Waals surface area contributed by atoms with Gasteiger partial charge in [-0.25, -0.2) is 4.79 Å². The summed E-state index contributed by atoms with van der Waals surface area (Å²) in [6.07, 6.45) is 5.34. The number of nitrogen functional groups attached to an aromatic ring is 1. The number of hydrogen-bond donors (Lipinski definition) is 1. The van der Waals surface area contributed by atoms with E-state index in [4.69, 9.17) is 5.73 Å². The molecule has 0 spiro atoms. The zero-order chi connectivity index (χ0) is 17.4. The molecule has 0 atom stereocenters. The van der Waals surface area contributed by atoms with E-state index < -0.39 is 0 Å². The quantitative estimate of drug-likeness (QED) is 0.839. The van der Waals surface area contributed by atoms with Crippen molar-refractivity contribution in [3.05, 3.63) is 41.0 Å². The van der Waals surface area contributed by atoms with E-state index >= 15 is 0 Å². The Hall–Kier alpha value is -2.90. The summed E-state index contributed by atoms with van der Waals surface area (Å²) in [6.45, 7) is 2.76. The third kappa shape index (κ3) is 2.60. The summed E-state index contributed by atoms with van der Waals surface area (Å²) in [7, 11) is 3.45. The van der Waals surface area contributed by atoms with Crippen LogP contribution in [0.2, 0.25) is 0 Å². The Kier molecular flexibility index (Phi) is 3.96. The van der Waals surface area contributed by atoms with Gasteiger partial charge in [-0.3, -0.25) is 9.78 Å². The van der Waals surface area contributed by atoms with Crippen LogP contribution in [0.25, 0.3) is 0 Å². The molecular formula is C16H20N6O2. The summed E-state index contributed by atoms with van der Waals surface area (Å²) < 4.78 is 1.30. The number of pyridine rings is 1. The second-order valence-corrected chi connectivity index (χ2v) is 6.08. The third-order valence-corrected chi connectivity index (χ3v) is 4.26. The number of anilines is 1. The van der Waals surface area contributed by atoms with Crippen LogP contribution in [-0.4, -0.2) is 57.1 Å². The highest BCUT2D eigenvalue weighted by molar-refractivity contribution is 5.97. The van der Waals surface area contributed by atoms with Gasteiger partial charge in [0.25, 0.3) is 5.91 Å². The molecule has 0 bridgehead atoms. The Morgan fingerprint density at radius 3 is 2.62 bits per heavy atom. The van der Waals surface area contributed by atoms with Gasteiger partial charge in [0.05, 0.1) is 23.1 Å². The first-order valence-corrected chi connectivity index (χ1v) is 7.67. The summed E-state index contributed by atoms with van der Waals surface area (Å²) in [5.41, 5.74) is 9.18. The molecule has 2 aromatic rings. The number of urea groups is 1. The highest BCUT2D eigenvalue weighted by atomic mass is 16.2. The van der Waals surface area contributed by atoms with E-state index in [-0.39, 0.29) is 11.9 Å². The standard InChI is InChI=1S/C16H20N6O2/c1-10-14(17)8-19-22(10)15(23)13-7-18-6-11-9-21(5-4-12(11)13)16(24)20(2)3/h6-8H,4-5,9,17H2,1-3H3. The lowest BCUT2D eigenvalue weighted by Crippen LogP contribution is -2.42. The van der Waals surface area contributed by atoms with Gasteiger partial charge in [0.2, 0.25) is 0 Å². The number of nitrogens with two attached hydrogens (primary N) is 1. The van der Waals surface area contributed by atoms with E-state index in [9.17, 15) is 9.59 Å². The largest absolute Gasteiger partial charge is 0.396 e. The summed E-state index contributed by atoms with van der Waals surface area (Å²) in [4.78, 5) is 32.4. The van der Waals surface area contributed by atoms with Crippen LogP contribution in [0.15, 0.2) is 18.6 Å². The fraction of sp³-hybridized carbons (Fsp3) is 0.375. The highest BCUT2D eigenvalue weighted by Crippen LogP contribution is 2.23. The summed E-state index contributed by atoms with van der Waals surface area (Å²) in [6, 6.07) is -0.0481. The van der Waals surface area contributed by atoms with Gasteiger partial charge in [0.1, 0.15) is 0 Å². The average molecular weight is 328 g/mol. The lowest BCUT2D eigenvalue weighted by atomic mass is 9.97. The molecule has 0 saturated heterocycles. The zero-order valence-corrected chi connectivity index (χ0v) is 14.0. The minimum atomic E-state index is -0.249. The number of amides is 2. The number of hydrogen-bond acceptors (Lipinski definition) is 5. The fourth-order valence-corrected chi connectivity index (χ4v) is 2.87. The molecule has 3 rings (SSSR count). The number of aromatic nitrogens is 3. The minimum Gasteiger partial charge on any atom is -0.396 e. The maximum absolute atomic E-state index is 12.8. The van der Waals surface area contributed by atoms with E-state index in [1.165, 1.54) is 10.9 Å².